The topological polar surface area (TPSA) is 363 Å². The van der Waals surface area contributed by atoms with Gasteiger partial charge in [-0.15, -0.1) is 0 Å². The third-order valence-electron chi connectivity index (χ3n) is 14.4. The maximum Gasteiger partial charge on any atom is 0.407 e. The Bertz CT molecular complexity index is 3370. The molecular formula is C62H78N12O11S2. The number of para-hydroxylation sites is 2. The smallest absolute Gasteiger partial charge is 0.407 e. The van der Waals surface area contributed by atoms with E-state index in [1.807, 2.05) is 54.6 Å². The number of hydrogen-bond donors (Lipinski definition) is 13. The van der Waals surface area contributed by atoms with Gasteiger partial charge in [0.05, 0.1) is 6.04 Å². The number of nitrogens with two attached hydrogens (primary N) is 2. The van der Waals surface area contributed by atoms with Gasteiger partial charge >= 0.3 is 6.09 Å². The average Bonchev–Trinajstić information content (AvgIpc) is 4.05. The number of aromatic hydroxyl groups is 1. The lowest BCUT2D eigenvalue weighted by Crippen LogP contribution is -2.61. The van der Waals surface area contributed by atoms with Gasteiger partial charge in [0.2, 0.25) is 47.3 Å². The number of phenols is 1. The lowest BCUT2D eigenvalue weighted by molar-refractivity contribution is -0.136. The Morgan fingerprint density at radius 1 is 0.655 bits per heavy atom. The van der Waals surface area contributed by atoms with Gasteiger partial charge in [0.25, 0.3) is 0 Å². The van der Waals surface area contributed by atoms with Crippen LogP contribution in [-0.4, -0.2) is 140 Å². The Morgan fingerprint density at radius 3 is 1.87 bits per heavy atom. The number of carbonyl (C=O) groups excluding carboxylic acids is 9. The Balaban J connectivity index is 1.25. The van der Waals surface area contributed by atoms with Crippen molar-refractivity contribution < 1.29 is 53.0 Å². The maximum atomic E-state index is 15.1. The molecule has 3 heterocycles. The molecule has 9 amide bonds. The van der Waals surface area contributed by atoms with E-state index in [1.54, 1.807) is 83.4 Å². The Labute approximate surface area is 512 Å². The van der Waals surface area contributed by atoms with Gasteiger partial charge in [-0.2, -0.15) is 0 Å². The van der Waals surface area contributed by atoms with E-state index in [9.17, 15) is 38.7 Å². The van der Waals surface area contributed by atoms with Crippen LogP contribution in [0.1, 0.15) is 76.1 Å². The molecule has 8 atom stereocenters. The number of rotatable bonds is 19. The number of benzene rings is 4. The number of ether oxygens (including phenoxy) is 1. The lowest BCUT2D eigenvalue weighted by Gasteiger charge is -2.29. The maximum absolute atomic E-state index is 15.1. The van der Waals surface area contributed by atoms with Crippen LogP contribution in [0, 0.1) is 5.92 Å². The van der Waals surface area contributed by atoms with E-state index < -0.39 is 113 Å². The number of nitrogens with one attached hydrogen (secondary N) is 10. The van der Waals surface area contributed by atoms with Crippen molar-refractivity contribution in [2.24, 2.45) is 17.4 Å². The minimum Gasteiger partial charge on any atom is -0.508 e. The molecule has 1 aliphatic heterocycles. The highest BCUT2D eigenvalue weighted by Crippen LogP contribution is 2.26. The summed E-state index contributed by atoms with van der Waals surface area (Å²) in [4.78, 5) is 135. The van der Waals surface area contributed by atoms with Crippen molar-refractivity contribution in [3.05, 3.63) is 138 Å². The van der Waals surface area contributed by atoms with Crippen molar-refractivity contribution in [3.8, 4) is 5.75 Å². The number of alkyl carbamates (subject to hydrolysis) is 1. The minimum absolute atomic E-state index is 0.0141. The van der Waals surface area contributed by atoms with E-state index in [0.717, 1.165) is 49.0 Å². The van der Waals surface area contributed by atoms with Crippen molar-refractivity contribution in [2.45, 2.75) is 134 Å². The molecule has 7 rings (SSSR count). The average molecular weight is 1230 g/mol. The zero-order valence-corrected chi connectivity index (χ0v) is 50.9. The SMILES string of the molecule is CC(C)[C@@H]1NC(=O)[C@H](CCCCNC(=O)OC(C)(C)C)NC(=O)[C@@H](Cc2c[nH]c3ccccc23)NC(=O)[C@H](Cc2ccc(O)cc2)NC(=O)[C@@H](NC(=O)[C@H](N)Cc2ccccc2)CSSC[C@@H](C(=O)N[C@@H](Cc2c[nH]c3ccccc23)C(N)=O)NC1=O. The Hall–Kier alpha value is -8.55. The van der Waals surface area contributed by atoms with Gasteiger partial charge in [-0.3, -0.25) is 38.4 Å². The normalized spacial score (nSPS) is 20.2. The van der Waals surface area contributed by atoms with Gasteiger partial charge < -0.3 is 73.8 Å². The first kappa shape index (κ1) is 66.0. The van der Waals surface area contributed by atoms with E-state index in [2.05, 4.69) is 52.5 Å². The predicted octanol–water partition coefficient (Wildman–Crippen LogP) is 3.58. The number of fused-ring (bicyclic) bond motifs is 2. The fraction of sp³-hybridized carbons (Fsp3) is 0.403. The molecule has 0 saturated carbocycles. The largest absolute Gasteiger partial charge is 0.508 e. The summed E-state index contributed by atoms with van der Waals surface area (Å²) in [6.07, 6.45) is 3.10. The molecular weight excluding hydrogens is 1150 g/mol. The van der Waals surface area contributed by atoms with Crippen LogP contribution >= 0.6 is 21.6 Å². The molecule has 25 heteroatoms. The van der Waals surface area contributed by atoms with Crippen LogP contribution in [0.5, 0.6) is 5.75 Å². The number of phenolic OH excluding ortho intramolecular Hbond substituents is 1. The molecule has 0 spiro atoms. The highest BCUT2D eigenvalue weighted by Gasteiger charge is 2.37. The Kier molecular flexibility index (Phi) is 23.7. The molecule has 0 radical (unpaired) electrons. The van der Waals surface area contributed by atoms with Crippen molar-refractivity contribution >= 4 is 96.7 Å². The summed E-state index contributed by atoms with van der Waals surface area (Å²) >= 11 is 0. The lowest BCUT2D eigenvalue weighted by atomic mass is 10.00. The van der Waals surface area contributed by atoms with Crippen LogP contribution in [0.15, 0.2) is 116 Å². The van der Waals surface area contributed by atoms with Crippen molar-refractivity contribution in [2.75, 3.05) is 18.1 Å². The summed E-state index contributed by atoms with van der Waals surface area (Å²) in [7, 11) is 2.09. The monoisotopic (exact) mass is 1230 g/mol. The first-order chi connectivity index (χ1) is 41.5. The molecule has 1 fully saturated rings. The van der Waals surface area contributed by atoms with Crippen molar-refractivity contribution in [1.29, 1.82) is 0 Å². The third-order valence-corrected chi connectivity index (χ3v) is 16.8. The van der Waals surface area contributed by atoms with Crippen molar-refractivity contribution in [3.63, 3.8) is 0 Å². The van der Waals surface area contributed by atoms with E-state index >= 15 is 9.59 Å². The zero-order valence-electron chi connectivity index (χ0n) is 49.2. The molecule has 1 saturated heterocycles. The highest BCUT2D eigenvalue weighted by molar-refractivity contribution is 8.76. The Morgan fingerprint density at radius 2 is 1.23 bits per heavy atom. The van der Waals surface area contributed by atoms with Crippen molar-refractivity contribution in [1.82, 2.24) is 52.5 Å². The van der Waals surface area contributed by atoms with E-state index in [4.69, 9.17) is 16.2 Å². The van der Waals surface area contributed by atoms with Crippen LogP contribution in [0.4, 0.5) is 4.79 Å². The summed E-state index contributed by atoms with van der Waals surface area (Å²) in [6, 6.07) is 18.9. The summed E-state index contributed by atoms with van der Waals surface area (Å²) in [5.41, 5.74) is 15.7. The number of unbranched alkanes of at least 4 members (excludes halogenated alkanes) is 1. The van der Waals surface area contributed by atoms with Crippen LogP contribution < -0.4 is 54.0 Å². The predicted molar refractivity (Wildman–Crippen MR) is 334 cm³/mol. The molecule has 464 valence electrons. The quantitative estimate of drug-likeness (QED) is 0.0408. The molecule has 4 aromatic carbocycles. The molecule has 15 N–H and O–H groups in total. The molecule has 0 aliphatic carbocycles. The number of H-pyrrole nitrogens is 2. The highest BCUT2D eigenvalue weighted by atomic mass is 33.1. The molecule has 0 bridgehead atoms. The minimum atomic E-state index is -1.44. The molecule has 2 aromatic heterocycles. The summed E-state index contributed by atoms with van der Waals surface area (Å²) in [5.74, 6) is -7.45. The standard InChI is InChI=1S/C62H78N12O11S2/c1-35(2)52-60(83)73-51(58(81)69-47(53(64)76)29-38-31-66-44-19-11-9-17-41(38)44)34-87-86-33-50(72-54(77)43(63)27-36-15-7-6-8-16-36)59(82)70-48(28-37-22-24-40(75)25-23-37)56(79)71-49(30-39-32-67-45-20-12-10-18-42(39)45)57(80)68-46(55(78)74-52)21-13-14-26-65-61(84)85-62(3,4)5/h6-12,15-20,22-25,31-32,35,43,46-52,66-67,75H,13-14,21,26-30,33-34,63H2,1-5H3,(H2,64,76)(H,65,84)(H,68,80)(H,69,81)(H,70,82)(H,71,79)(H,72,77)(H,73,83)(H,74,78)/t43-,46+,47+,48+,49-,50+,51+,52+/m1/s1. The first-order valence-corrected chi connectivity index (χ1v) is 31.3. The van der Waals surface area contributed by atoms with Crippen LogP contribution in [0.3, 0.4) is 0 Å². The number of aromatic amines is 2. The third kappa shape index (κ3) is 19.7. The number of carbonyl (C=O) groups is 9. The second-order valence-electron chi connectivity index (χ2n) is 22.8. The molecule has 1 aliphatic rings. The van der Waals surface area contributed by atoms with Crippen LogP contribution in [0.25, 0.3) is 21.8 Å². The van der Waals surface area contributed by atoms with Crippen LogP contribution in [-0.2, 0) is 68.8 Å². The van der Waals surface area contributed by atoms with E-state index in [0.29, 0.717) is 23.1 Å². The first-order valence-electron chi connectivity index (χ1n) is 28.8. The van der Waals surface area contributed by atoms with Gasteiger partial charge in [-0.05, 0) is 98.9 Å². The van der Waals surface area contributed by atoms with Crippen LogP contribution in [0.2, 0.25) is 0 Å². The van der Waals surface area contributed by atoms with E-state index in [-0.39, 0.29) is 62.3 Å². The van der Waals surface area contributed by atoms with Gasteiger partial charge in [0, 0.05) is 71.5 Å². The van der Waals surface area contributed by atoms with Gasteiger partial charge in [-0.25, -0.2) is 4.79 Å². The summed E-state index contributed by atoms with van der Waals surface area (Å²) in [6.45, 7) is 8.67. The molecule has 0 unspecified atom stereocenters. The summed E-state index contributed by atoms with van der Waals surface area (Å²) < 4.78 is 5.38. The van der Waals surface area contributed by atoms with Gasteiger partial charge in [0.15, 0.2) is 0 Å². The number of primary amides is 1. The fourth-order valence-electron chi connectivity index (χ4n) is 9.77. The second-order valence-corrected chi connectivity index (χ2v) is 25.3. The molecule has 6 aromatic rings. The number of aromatic nitrogens is 2. The number of amides is 9. The van der Waals surface area contributed by atoms with Gasteiger partial charge in [-0.1, -0.05) is 114 Å². The fourth-order valence-corrected chi connectivity index (χ4v) is 12.1. The molecule has 87 heavy (non-hydrogen) atoms. The van der Waals surface area contributed by atoms with Gasteiger partial charge in [0.1, 0.15) is 53.6 Å². The summed E-state index contributed by atoms with van der Waals surface area (Å²) in [5, 5.41) is 34.0. The second kappa shape index (κ2) is 31.2. The molecule has 23 nitrogen and oxygen atoms in total. The zero-order chi connectivity index (χ0) is 62.8. The number of hydrogen-bond acceptors (Lipinski definition) is 14. The van der Waals surface area contributed by atoms with E-state index in [1.165, 1.54) is 12.1 Å².